The Hall–Kier alpha value is -1.86. The number of hydrogen-bond acceptors (Lipinski definition) is 10. The molecule has 7 atom stereocenters. The van der Waals surface area contributed by atoms with Gasteiger partial charge in [-0.15, -0.1) is 0 Å². The van der Waals surface area contributed by atoms with Gasteiger partial charge in [0.05, 0.1) is 32.0 Å². The van der Waals surface area contributed by atoms with Crippen molar-refractivity contribution in [3.63, 3.8) is 0 Å². The number of ether oxygens (including phenoxy) is 3. The van der Waals surface area contributed by atoms with Crippen molar-refractivity contribution in [2.75, 3.05) is 19.8 Å². The van der Waals surface area contributed by atoms with Gasteiger partial charge in [-0.25, -0.2) is 0 Å². The van der Waals surface area contributed by atoms with Gasteiger partial charge in [0.15, 0.2) is 6.29 Å². The highest BCUT2D eigenvalue weighted by molar-refractivity contribution is 5.76. The van der Waals surface area contributed by atoms with Crippen LogP contribution in [0.15, 0.2) is 24.3 Å². The fraction of sp³-hybridized carbons (Fsp3) is 0.925. The number of nitrogens with one attached hydrogen (secondary N) is 1. The summed E-state index contributed by atoms with van der Waals surface area (Å²) in [5, 5.41) is 54.3. The van der Waals surface area contributed by atoms with Gasteiger partial charge in [0.25, 0.3) is 0 Å². The SMILES string of the molecule is CCCCCCCCC/C=C/C(O)C(COC1OC(CO)C(O)C(O)C1O)NC(=O)CCCCCCCCCCCCCCCCCCC/C=C\CCCCCCCCCCCCCCCCCCCCOC(=O)CCCCCCCCCCCCCCCCC. The minimum absolute atomic E-state index is 0.0205. The third kappa shape index (κ3) is 58.1. The smallest absolute Gasteiger partial charge is 0.305 e. The maximum atomic E-state index is 13.0. The number of amides is 1. The summed E-state index contributed by atoms with van der Waals surface area (Å²) in [6.07, 6.45) is 79.5. The van der Waals surface area contributed by atoms with E-state index in [0.29, 0.717) is 19.4 Å². The first kappa shape index (κ1) is 87.2. The van der Waals surface area contributed by atoms with Crippen LogP contribution in [0, 0.1) is 0 Å². The minimum Gasteiger partial charge on any atom is -0.466 e. The molecule has 11 nitrogen and oxygen atoms in total. The molecule has 0 radical (unpaired) electrons. The van der Waals surface area contributed by atoms with E-state index in [2.05, 4.69) is 31.3 Å². The Bertz CT molecular complexity index is 1560. The summed E-state index contributed by atoms with van der Waals surface area (Å²) in [7, 11) is 0. The molecule has 1 aliphatic heterocycles. The fourth-order valence-corrected chi connectivity index (χ4v) is 13.0. The van der Waals surface area contributed by atoms with Gasteiger partial charge in [0.2, 0.25) is 5.91 Å². The maximum absolute atomic E-state index is 13.0. The molecule has 91 heavy (non-hydrogen) atoms. The summed E-state index contributed by atoms with van der Waals surface area (Å²) in [6, 6.07) is -0.805. The third-order valence-electron chi connectivity index (χ3n) is 19.3. The molecule has 1 fully saturated rings. The summed E-state index contributed by atoms with van der Waals surface area (Å²) in [4.78, 5) is 25.1. The van der Waals surface area contributed by atoms with Crippen LogP contribution in [0.1, 0.15) is 412 Å². The molecule has 0 aromatic carbocycles. The summed E-state index contributed by atoms with van der Waals surface area (Å²) in [6.45, 7) is 4.37. The van der Waals surface area contributed by atoms with Crippen LogP contribution in [0.4, 0.5) is 0 Å². The van der Waals surface area contributed by atoms with Crippen LogP contribution in [0.25, 0.3) is 0 Å². The van der Waals surface area contributed by atoms with Crippen molar-refractivity contribution in [1.82, 2.24) is 5.32 Å². The summed E-state index contributed by atoms with van der Waals surface area (Å²) >= 11 is 0. The van der Waals surface area contributed by atoms with Crippen LogP contribution in [0.3, 0.4) is 0 Å². The predicted molar refractivity (Wildman–Crippen MR) is 384 cm³/mol. The topological polar surface area (TPSA) is 175 Å². The molecule has 0 aromatic rings. The number of carbonyl (C=O) groups is 2. The van der Waals surface area contributed by atoms with Gasteiger partial charge in [0, 0.05) is 12.8 Å². The van der Waals surface area contributed by atoms with Crippen LogP contribution in [0.5, 0.6) is 0 Å². The van der Waals surface area contributed by atoms with E-state index in [-0.39, 0.29) is 18.5 Å². The molecule has 0 bridgehead atoms. The minimum atomic E-state index is -1.57. The molecule has 1 rings (SSSR count). The lowest BCUT2D eigenvalue weighted by Gasteiger charge is -2.40. The van der Waals surface area contributed by atoms with Crippen molar-refractivity contribution in [2.24, 2.45) is 0 Å². The van der Waals surface area contributed by atoms with Gasteiger partial charge in [-0.1, -0.05) is 366 Å². The van der Waals surface area contributed by atoms with Crippen LogP contribution in [-0.4, -0.2) is 100 Å². The van der Waals surface area contributed by atoms with Crippen molar-refractivity contribution in [3.05, 3.63) is 24.3 Å². The first-order valence-corrected chi connectivity index (χ1v) is 40.1. The summed E-state index contributed by atoms with van der Waals surface area (Å²) in [5.74, 6) is -0.157. The Kier molecular flexibility index (Phi) is 66.6. The highest BCUT2D eigenvalue weighted by Gasteiger charge is 2.44. The molecule has 0 saturated carbocycles. The summed E-state index contributed by atoms with van der Waals surface area (Å²) in [5.41, 5.74) is 0. The zero-order valence-electron chi connectivity index (χ0n) is 60.1. The van der Waals surface area contributed by atoms with Crippen molar-refractivity contribution >= 4 is 11.9 Å². The molecular weight excluding hydrogens is 1130 g/mol. The van der Waals surface area contributed by atoms with E-state index in [0.717, 1.165) is 51.4 Å². The molecule has 11 heteroatoms. The number of carbonyl (C=O) groups excluding carboxylic acids is 2. The quantitative estimate of drug-likeness (QED) is 0.0195. The molecule has 1 aliphatic rings. The molecule has 1 saturated heterocycles. The van der Waals surface area contributed by atoms with E-state index >= 15 is 0 Å². The van der Waals surface area contributed by atoms with Crippen molar-refractivity contribution in [2.45, 2.75) is 455 Å². The van der Waals surface area contributed by atoms with Gasteiger partial charge >= 0.3 is 5.97 Å². The van der Waals surface area contributed by atoms with Gasteiger partial charge < -0.3 is 45.1 Å². The Labute approximate surface area is 562 Å². The number of allylic oxidation sites excluding steroid dienone is 3. The van der Waals surface area contributed by atoms with Gasteiger partial charge in [-0.3, -0.25) is 9.59 Å². The lowest BCUT2D eigenvalue weighted by atomic mass is 9.99. The van der Waals surface area contributed by atoms with Crippen molar-refractivity contribution in [3.8, 4) is 0 Å². The number of esters is 1. The first-order valence-electron chi connectivity index (χ1n) is 40.1. The van der Waals surface area contributed by atoms with Crippen LogP contribution in [-0.2, 0) is 23.8 Å². The fourth-order valence-electron chi connectivity index (χ4n) is 13.0. The number of aliphatic hydroxyl groups excluding tert-OH is 5. The largest absolute Gasteiger partial charge is 0.466 e. The maximum Gasteiger partial charge on any atom is 0.305 e. The Morgan fingerprint density at radius 1 is 0.396 bits per heavy atom. The predicted octanol–water partition coefficient (Wildman–Crippen LogP) is 21.5. The number of rotatable bonds is 72. The molecule has 1 amide bonds. The average Bonchev–Trinajstić information content (AvgIpc) is 1.22. The monoisotopic (exact) mass is 1290 g/mol. The number of unbranched alkanes of at least 4 members (excludes halogenated alkanes) is 56. The van der Waals surface area contributed by atoms with E-state index in [1.54, 1.807) is 6.08 Å². The number of hydrogen-bond donors (Lipinski definition) is 6. The Morgan fingerprint density at radius 2 is 0.703 bits per heavy atom. The molecule has 1 heterocycles. The highest BCUT2D eigenvalue weighted by Crippen LogP contribution is 2.24. The molecule has 538 valence electrons. The Balaban J connectivity index is 1.84. The van der Waals surface area contributed by atoms with Crippen LogP contribution in [0.2, 0.25) is 0 Å². The van der Waals surface area contributed by atoms with Gasteiger partial charge in [-0.05, 0) is 57.8 Å². The second-order valence-electron chi connectivity index (χ2n) is 28.1. The van der Waals surface area contributed by atoms with Gasteiger partial charge in [0.1, 0.15) is 24.4 Å². The zero-order chi connectivity index (χ0) is 65.8. The summed E-state index contributed by atoms with van der Waals surface area (Å²) < 4.78 is 16.7. The van der Waals surface area contributed by atoms with E-state index in [4.69, 9.17) is 14.2 Å². The van der Waals surface area contributed by atoms with Crippen LogP contribution < -0.4 is 5.32 Å². The van der Waals surface area contributed by atoms with E-state index in [1.165, 1.54) is 334 Å². The first-order chi connectivity index (χ1) is 44.7. The van der Waals surface area contributed by atoms with Crippen molar-refractivity contribution < 1.29 is 49.3 Å². The van der Waals surface area contributed by atoms with Gasteiger partial charge in [-0.2, -0.15) is 0 Å². The van der Waals surface area contributed by atoms with E-state index in [1.807, 2.05) is 6.08 Å². The standard InChI is InChI=1S/C80H153NO10/c1-3-5-7-9-11-13-14-15-41-45-48-52-56-60-64-68-76(85)89-69-65-61-57-53-49-46-43-40-38-36-34-32-30-28-26-24-22-20-18-16-17-19-21-23-25-27-29-31-33-35-37-39-42-44-47-51-55-59-63-67-75(84)81-72(73(83)66-62-58-54-50-12-10-8-6-4-2)71-90-80-79(88)78(87)77(86)74(70-82)91-80/h16-17,62,66,72-74,77-80,82-83,86-88H,3-15,18-61,63-65,67-71H2,1-2H3,(H,81,84)/b17-16-,66-62+. The lowest BCUT2D eigenvalue weighted by molar-refractivity contribution is -0.302. The molecule has 0 aromatic heterocycles. The molecule has 7 unspecified atom stereocenters. The molecule has 0 spiro atoms. The lowest BCUT2D eigenvalue weighted by Crippen LogP contribution is -2.60. The van der Waals surface area contributed by atoms with Crippen LogP contribution >= 0.6 is 0 Å². The molecule has 6 N–H and O–H groups in total. The van der Waals surface area contributed by atoms with E-state index < -0.39 is 49.5 Å². The average molecular weight is 1290 g/mol. The number of aliphatic hydroxyl groups is 5. The normalized spacial score (nSPS) is 17.6. The van der Waals surface area contributed by atoms with Crippen molar-refractivity contribution in [1.29, 1.82) is 0 Å². The molecular formula is C80H153NO10. The molecule has 0 aliphatic carbocycles. The Morgan fingerprint density at radius 3 is 1.05 bits per heavy atom. The second kappa shape index (κ2) is 69.5. The zero-order valence-corrected chi connectivity index (χ0v) is 60.1. The third-order valence-corrected chi connectivity index (χ3v) is 19.3. The van der Waals surface area contributed by atoms with E-state index in [9.17, 15) is 35.1 Å². The highest BCUT2D eigenvalue weighted by atomic mass is 16.7. The second-order valence-corrected chi connectivity index (χ2v) is 28.1.